The van der Waals surface area contributed by atoms with Crippen molar-refractivity contribution in [1.82, 2.24) is 0 Å². The molecule has 1 heterocycles. The average Bonchev–Trinajstić information content (AvgIpc) is 2.30. The van der Waals surface area contributed by atoms with Gasteiger partial charge >= 0.3 is 0 Å². The van der Waals surface area contributed by atoms with Crippen LogP contribution in [0.5, 0.6) is 17.2 Å². The van der Waals surface area contributed by atoms with E-state index in [0.29, 0.717) is 30.5 Å². The second kappa shape index (κ2) is 4.90. The van der Waals surface area contributed by atoms with Gasteiger partial charge in [-0.1, -0.05) is 0 Å². The van der Waals surface area contributed by atoms with E-state index >= 15 is 0 Å². The van der Waals surface area contributed by atoms with Gasteiger partial charge in [0.1, 0.15) is 23.4 Å². The second-order valence-corrected chi connectivity index (χ2v) is 4.01. The molecule has 16 heavy (non-hydrogen) atoms. The van der Waals surface area contributed by atoms with Crippen molar-refractivity contribution in [2.24, 2.45) is 5.90 Å². The largest absolute Gasteiger partial charge is 0.495 e. The summed E-state index contributed by atoms with van der Waals surface area (Å²) in [7, 11) is 1.58. The highest BCUT2D eigenvalue weighted by Crippen LogP contribution is 2.45. The summed E-state index contributed by atoms with van der Waals surface area (Å²) in [5.74, 6) is 7.04. The normalized spacial score (nSPS) is 13.7. The Morgan fingerprint density at radius 1 is 1.44 bits per heavy atom. The summed E-state index contributed by atoms with van der Waals surface area (Å²) in [6.07, 6.45) is 0. The zero-order valence-electron chi connectivity index (χ0n) is 8.79. The third kappa shape index (κ3) is 1.95. The van der Waals surface area contributed by atoms with E-state index < -0.39 is 0 Å². The van der Waals surface area contributed by atoms with Crippen molar-refractivity contribution in [3.63, 3.8) is 0 Å². The van der Waals surface area contributed by atoms with Crippen LogP contribution < -0.4 is 20.1 Å². The molecule has 6 heteroatoms. The molecule has 1 aromatic rings. The lowest BCUT2D eigenvalue weighted by Gasteiger charge is -2.22. The van der Waals surface area contributed by atoms with Crippen molar-refractivity contribution in [2.75, 3.05) is 20.3 Å². The molecule has 0 atom stereocenters. The third-order valence-corrected chi connectivity index (χ3v) is 2.97. The molecule has 1 aliphatic heterocycles. The van der Waals surface area contributed by atoms with Crippen molar-refractivity contribution in [3.05, 3.63) is 16.1 Å². The van der Waals surface area contributed by atoms with E-state index in [9.17, 15) is 0 Å². The maximum Gasteiger partial charge on any atom is 0.179 e. The number of rotatable bonds is 3. The first-order chi connectivity index (χ1) is 7.77. The fourth-order valence-corrected chi connectivity index (χ4v) is 2.32. The van der Waals surface area contributed by atoms with E-state index in [4.69, 9.17) is 20.1 Å². The Morgan fingerprint density at radius 2 is 2.19 bits per heavy atom. The number of halogens is 1. The van der Waals surface area contributed by atoms with Crippen LogP contribution in [0.4, 0.5) is 0 Å². The molecular formula is C10H12BrNO4. The molecule has 0 fully saturated rings. The van der Waals surface area contributed by atoms with E-state index in [1.165, 1.54) is 0 Å². The monoisotopic (exact) mass is 289 g/mol. The van der Waals surface area contributed by atoms with Crippen molar-refractivity contribution < 1.29 is 19.0 Å². The molecule has 0 saturated carbocycles. The van der Waals surface area contributed by atoms with Crippen LogP contribution >= 0.6 is 15.9 Å². The number of nitrogens with two attached hydrogens (primary N) is 1. The first-order valence-corrected chi connectivity index (χ1v) is 5.54. The molecule has 2 rings (SSSR count). The van der Waals surface area contributed by atoms with Gasteiger partial charge < -0.3 is 14.2 Å². The SMILES string of the molecule is COc1c(CON)cc2c(c1Br)OCCO2. The molecule has 0 radical (unpaired) electrons. The Morgan fingerprint density at radius 3 is 2.88 bits per heavy atom. The first-order valence-electron chi connectivity index (χ1n) is 4.74. The Labute approximate surface area is 102 Å². The van der Waals surface area contributed by atoms with Crippen molar-refractivity contribution in [2.45, 2.75) is 6.61 Å². The minimum atomic E-state index is 0.248. The van der Waals surface area contributed by atoms with Crippen LogP contribution in [0.2, 0.25) is 0 Å². The van der Waals surface area contributed by atoms with Gasteiger partial charge in [0.15, 0.2) is 11.5 Å². The predicted octanol–water partition coefficient (Wildman–Crippen LogP) is 1.62. The van der Waals surface area contributed by atoms with Crippen molar-refractivity contribution >= 4 is 15.9 Å². The smallest absolute Gasteiger partial charge is 0.179 e. The molecule has 88 valence electrons. The second-order valence-electron chi connectivity index (χ2n) is 3.22. The van der Waals surface area contributed by atoms with Crippen LogP contribution in [0.15, 0.2) is 10.5 Å². The number of methoxy groups -OCH3 is 1. The maximum absolute atomic E-state index is 5.51. The van der Waals surface area contributed by atoms with Gasteiger partial charge in [0.2, 0.25) is 0 Å². The highest BCUT2D eigenvalue weighted by Gasteiger charge is 2.22. The standard InChI is InChI=1S/C10H12BrNO4/c1-13-9-6(5-16-12)4-7-10(8(9)11)15-3-2-14-7/h4H,2-3,5,12H2,1H3. The van der Waals surface area contributed by atoms with E-state index in [1.807, 2.05) is 6.07 Å². The number of ether oxygens (including phenoxy) is 3. The molecule has 0 spiro atoms. The first kappa shape index (κ1) is 11.5. The summed E-state index contributed by atoms with van der Waals surface area (Å²) >= 11 is 3.42. The van der Waals surface area contributed by atoms with Crippen LogP contribution in [0, 0.1) is 0 Å². The van der Waals surface area contributed by atoms with Gasteiger partial charge in [0, 0.05) is 5.56 Å². The number of hydrogen-bond donors (Lipinski definition) is 1. The summed E-state index contributed by atoms with van der Waals surface area (Å²) in [6, 6.07) is 1.81. The minimum Gasteiger partial charge on any atom is -0.495 e. The van der Waals surface area contributed by atoms with E-state index in [0.717, 1.165) is 10.0 Å². The van der Waals surface area contributed by atoms with Crippen LogP contribution in [-0.2, 0) is 11.4 Å². The quantitative estimate of drug-likeness (QED) is 0.857. The Hall–Kier alpha value is -0.980. The van der Waals surface area contributed by atoms with Gasteiger partial charge in [-0.25, -0.2) is 5.90 Å². The summed E-state index contributed by atoms with van der Waals surface area (Å²) in [5.41, 5.74) is 0.807. The topological polar surface area (TPSA) is 62.9 Å². The van der Waals surface area contributed by atoms with Crippen LogP contribution in [0.1, 0.15) is 5.56 Å². The lowest BCUT2D eigenvalue weighted by Crippen LogP contribution is -2.16. The molecule has 1 aliphatic rings. The summed E-state index contributed by atoms with van der Waals surface area (Å²) in [4.78, 5) is 4.62. The molecule has 5 nitrogen and oxygen atoms in total. The number of fused-ring (bicyclic) bond motifs is 1. The fourth-order valence-electron chi connectivity index (χ4n) is 1.60. The molecule has 0 aliphatic carbocycles. The van der Waals surface area contributed by atoms with E-state index in [2.05, 4.69) is 20.8 Å². The van der Waals surface area contributed by atoms with Gasteiger partial charge in [0.05, 0.1) is 13.7 Å². The van der Waals surface area contributed by atoms with Crippen LogP contribution in [0.3, 0.4) is 0 Å². The molecular weight excluding hydrogens is 278 g/mol. The molecule has 0 saturated heterocycles. The van der Waals surface area contributed by atoms with E-state index in [1.54, 1.807) is 7.11 Å². The molecule has 0 bridgehead atoms. The Kier molecular flexibility index (Phi) is 3.52. The molecule has 1 aromatic carbocycles. The molecule has 0 amide bonds. The number of benzene rings is 1. The predicted molar refractivity (Wildman–Crippen MR) is 60.7 cm³/mol. The minimum absolute atomic E-state index is 0.248. The van der Waals surface area contributed by atoms with Crippen molar-refractivity contribution in [3.8, 4) is 17.2 Å². The van der Waals surface area contributed by atoms with Gasteiger partial charge in [-0.15, -0.1) is 0 Å². The highest BCUT2D eigenvalue weighted by atomic mass is 79.9. The van der Waals surface area contributed by atoms with Crippen molar-refractivity contribution in [1.29, 1.82) is 0 Å². The lowest BCUT2D eigenvalue weighted by molar-refractivity contribution is 0.120. The summed E-state index contributed by atoms with van der Waals surface area (Å²) in [5, 5.41) is 0. The molecule has 0 aromatic heterocycles. The molecule has 2 N–H and O–H groups in total. The average molecular weight is 290 g/mol. The van der Waals surface area contributed by atoms with Crippen LogP contribution in [0.25, 0.3) is 0 Å². The van der Waals surface area contributed by atoms with Gasteiger partial charge in [-0.2, -0.15) is 0 Å². The summed E-state index contributed by atoms with van der Waals surface area (Å²) in [6.45, 7) is 1.31. The Balaban J connectivity index is 2.50. The van der Waals surface area contributed by atoms with E-state index in [-0.39, 0.29) is 6.61 Å². The highest BCUT2D eigenvalue weighted by molar-refractivity contribution is 9.10. The zero-order chi connectivity index (χ0) is 11.5. The number of hydrogen-bond acceptors (Lipinski definition) is 5. The fraction of sp³-hybridized carbons (Fsp3) is 0.400. The third-order valence-electron chi connectivity index (χ3n) is 2.25. The Bertz CT molecular complexity index is 397. The van der Waals surface area contributed by atoms with Gasteiger partial charge in [-0.05, 0) is 22.0 Å². The zero-order valence-corrected chi connectivity index (χ0v) is 10.4. The lowest BCUT2D eigenvalue weighted by atomic mass is 10.2. The van der Waals surface area contributed by atoms with Crippen LogP contribution in [-0.4, -0.2) is 20.3 Å². The summed E-state index contributed by atoms with van der Waals surface area (Å²) < 4.78 is 17.0. The van der Waals surface area contributed by atoms with Gasteiger partial charge in [-0.3, -0.25) is 4.84 Å². The maximum atomic E-state index is 5.51. The van der Waals surface area contributed by atoms with Gasteiger partial charge in [0.25, 0.3) is 0 Å². The molecule has 0 unspecified atom stereocenters.